The van der Waals surface area contributed by atoms with Crippen molar-refractivity contribution in [2.75, 3.05) is 19.6 Å². The molecule has 1 saturated heterocycles. The molecule has 1 unspecified atom stereocenters. The van der Waals surface area contributed by atoms with Gasteiger partial charge in [-0.15, -0.1) is 11.6 Å². The quantitative estimate of drug-likeness (QED) is 0.592. The zero-order chi connectivity index (χ0) is 9.97. The van der Waals surface area contributed by atoms with E-state index in [2.05, 4.69) is 34.8 Å². The standard InChI is InChI=1S/C10H14ClN3/c1-13-10(7-14(8-11)12-13)9-5-3-2-4-6-9/h2-6,10,12H,7-8H2,1H3. The second kappa shape index (κ2) is 4.28. The van der Waals surface area contributed by atoms with E-state index in [-0.39, 0.29) is 0 Å². The molecule has 1 fully saturated rings. The molecular weight excluding hydrogens is 198 g/mol. The Labute approximate surface area is 89.2 Å². The molecule has 1 aromatic rings. The lowest BCUT2D eigenvalue weighted by molar-refractivity contribution is 0.148. The van der Waals surface area contributed by atoms with Gasteiger partial charge in [0.15, 0.2) is 0 Å². The first-order valence-corrected chi connectivity index (χ1v) is 5.19. The van der Waals surface area contributed by atoms with Crippen LogP contribution in [0.15, 0.2) is 30.3 Å². The molecule has 0 spiro atoms. The van der Waals surface area contributed by atoms with Gasteiger partial charge in [0.05, 0.1) is 12.0 Å². The number of nitrogens with zero attached hydrogens (tertiary/aromatic N) is 2. The molecule has 1 aromatic carbocycles. The molecule has 0 radical (unpaired) electrons. The third-order valence-electron chi connectivity index (χ3n) is 2.49. The maximum absolute atomic E-state index is 5.76. The third kappa shape index (κ3) is 1.91. The number of nitrogens with one attached hydrogen (secondary N) is 1. The molecular formula is C10H14ClN3. The van der Waals surface area contributed by atoms with Crippen molar-refractivity contribution < 1.29 is 0 Å². The normalized spacial score (nSPS) is 24.3. The highest BCUT2D eigenvalue weighted by molar-refractivity contribution is 6.17. The molecule has 1 heterocycles. The zero-order valence-corrected chi connectivity index (χ0v) is 8.91. The van der Waals surface area contributed by atoms with Crippen LogP contribution >= 0.6 is 11.6 Å². The molecule has 0 amide bonds. The average molecular weight is 212 g/mol. The van der Waals surface area contributed by atoms with Crippen LogP contribution in [-0.4, -0.2) is 29.6 Å². The lowest BCUT2D eigenvalue weighted by Gasteiger charge is -2.17. The van der Waals surface area contributed by atoms with Crippen LogP contribution in [0.3, 0.4) is 0 Å². The number of hydrogen-bond acceptors (Lipinski definition) is 3. The summed E-state index contributed by atoms with van der Waals surface area (Å²) in [7, 11) is 2.03. The Morgan fingerprint density at radius 3 is 2.71 bits per heavy atom. The van der Waals surface area contributed by atoms with Gasteiger partial charge in [0, 0.05) is 13.6 Å². The number of hydrogen-bond donors (Lipinski definition) is 1. The summed E-state index contributed by atoms with van der Waals surface area (Å²) in [5.41, 5.74) is 4.50. The predicted molar refractivity (Wildman–Crippen MR) is 57.5 cm³/mol. The second-order valence-corrected chi connectivity index (χ2v) is 3.72. The molecule has 1 aliphatic rings. The highest BCUT2D eigenvalue weighted by Gasteiger charge is 2.27. The smallest absolute Gasteiger partial charge is 0.0889 e. The fraction of sp³-hybridized carbons (Fsp3) is 0.400. The highest BCUT2D eigenvalue weighted by atomic mass is 35.5. The second-order valence-electron chi connectivity index (χ2n) is 3.48. The van der Waals surface area contributed by atoms with E-state index in [4.69, 9.17) is 11.6 Å². The number of benzene rings is 1. The summed E-state index contributed by atoms with van der Waals surface area (Å²) in [5.74, 6) is 0. The lowest BCUT2D eigenvalue weighted by Crippen LogP contribution is -2.36. The molecule has 0 saturated carbocycles. The van der Waals surface area contributed by atoms with Crippen LogP contribution in [0.4, 0.5) is 0 Å². The zero-order valence-electron chi connectivity index (χ0n) is 8.15. The van der Waals surface area contributed by atoms with Gasteiger partial charge in [-0.05, 0) is 5.56 Å². The SMILES string of the molecule is CN1NN(CCl)CC1c1ccccc1. The Morgan fingerprint density at radius 1 is 1.43 bits per heavy atom. The maximum atomic E-state index is 5.76. The monoisotopic (exact) mass is 211 g/mol. The van der Waals surface area contributed by atoms with Crippen LogP contribution < -0.4 is 5.53 Å². The van der Waals surface area contributed by atoms with Gasteiger partial charge in [-0.3, -0.25) is 0 Å². The Morgan fingerprint density at radius 2 is 2.14 bits per heavy atom. The van der Waals surface area contributed by atoms with Crippen molar-refractivity contribution in [1.82, 2.24) is 15.6 Å². The van der Waals surface area contributed by atoms with Crippen LogP contribution in [-0.2, 0) is 0 Å². The number of likely N-dealkylation sites (N-methyl/N-ethyl adjacent to an activating group) is 1. The Kier molecular flexibility index (Phi) is 3.03. The van der Waals surface area contributed by atoms with Crippen LogP contribution in [0.1, 0.15) is 11.6 Å². The summed E-state index contributed by atoms with van der Waals surface area (Å²) in [6.45, 7) is 0.921. The first-order chi connectivity index (χ1) is 6.81. The van der Waals surface area contributed by atoms with E-state index < -0.39 is 0 Å². The van der Waals surface area contributed by atoms with Crippen LogP contribution in [0.5, 0.6) is 0 Å². The molecule has 14 heavy (non-hydrogen) atoms. The van der Waals surface area contributed by atoms with Crippen molar-refractivity contribution in [3.05, 3.63) is 35.9 Å². The first kappa shape index (κ1) is 9.93. The topological polar surface area (TPSA) is 18.5 Å². The maximum Gasteiger partial charge on any atom is 0.0889 e. The molecule has 2 rings (SSSR count). The molecule has 76 valence electrons. The van der Waals surface area contributed by atoms with Crippen LogP contribution in [0.25, 0.3) is 0 Å². The van der Waals surface area contributed by atoms with E-state index in [1.54, 1.807) is 0 Å². The molecule has 4 heteroatoms. The predicted octanol–water partition coefficient (Wildman–Crippen LogP) is 1.59. The summed E-state index contributed by atoms with van der Waals surface area (Å²) in [5, 5.41) is 4.07. The Bertz CT molecular complexity index is 291. The van der Waals surface area contributed by atoms with Gasteiger partial charge in [0.2, 0.25) is 0 Å². The minimum atomic E-state index is 0.384. The summed E-state index contributed by atoms with van der Waals surface area (Å²) in [6, 6.07) is 11.3. The number of alkyl halides is 1. The molecule has 3 nitrogen and oxygen atoms in total. The van der Waals surface area contributed by atoms with E-state index >= 15 is 0 Å². The largest absolute Gasteiger partial charge is 0.225 e. The number of halogens is 1. The van der Waals surface area contributed by atoms with E-state index in [9.17, 15) is 0 Å². The van der Waals surface area contributed by atoms with E-state index in [1.165, 1.54) is 5.56 Å². The fourth-order valence-electron chi connectivity index (χ4n) is 1.74. The molecule has 0 bridgehead atoms. The van der Waals surface area contributed by atoms with Crippen LogP contribution in [0, 0.1) is 0 Å². The average Bonchev–Trinajstić information content (AvgIpc) is 2.61. The summed E-state index contributed by atoms with van der Waals surface area (Å²) < 4.78 is 0. The van der Waals surface area contributed by atoms with Crippen molar-refractivity contribution >= 4 is 11.6 Å². The van der Waals surface area contributed by atoms with Crippen molar-refractivity contribution in [1.29, 1.82) is 0 Å². The van der Waals surface area contributed by atoms with Crippen molar-refractivity contribution in [2.45, 2.75) is 6.04 Å². The van der Waals surface area contributed by atoms with Crippen molar-refractivity contribution in [3.8, 4) is 0 Å². The minimum Gasteiger partial charge on any atom is -0.225 e. The van der Waals surface area contributed by atoms with Gasteiger partial charge >= 0.3 is 0 Å². The van der Waals surface area contributed by atoms with E-state index in [0.29, 0.717) is 12.0 Å². The highest BCUT2D eigenvalue weighted by Crippen LogP contribution is 2.23. The molecule has 0 aliphatic carbocycles. The van der Waals surface area contributed by atoms with E-state index in [1.807, 2.05) is 18.1 Å². The summed E-state index contributed by atoms with van der Waals surface area (Å²) in [6.07, 6.45) is 0. The van der Waals surface area contributed by atoms with Crippen molar-refractivity contribution in [2.24, 2.45) is 0 Å². The number of rotatable bonds is 2. The summed E-state index contributed by atoms with van der Waals surface area (Å²) in [4.78, 5) is 0. The van der Waals surface area contributed by atoms with Gasteiger partial charge in [0.1, 0.15) is 0 Å². The van der Waals surface area contributed by atoms with Gasteiger partial charge < -0.3 is 0 Å². The molecule has 1 atom stereocenters. The minimum absolute atomic E-state index is 0.384. The fourth-order valence-corrected chi connectivity index (χ4v) is 1.90. The lowest BCUT2D eigenvalue weighted by atomic mass is 10.1. The Hall–Kier alpha value is -0.610. The van der Waals surface area contributed by atoms with Gasteiger partial charge in [-0.25, -0.2) is 10.0 Å². The molecule has 1 aliphatic heterocycles. The molecule has 0 aromatic heterocycles. The van der Waals surface area contributed by atoms with Gasteiger partial charge in [-0.1, -0.05) is 30.3 Å². The molecule has 1 N–H and O–H groups in total. The van der Waals surface area contributed by atoms with E-state index in [0.717, 1.165) is 6.54 Å². The van der Waals surface area contributed by atoms with Crippen molar-refractivity contribution in [3.63, 3.8) is 0 Å². The van der Waals surface area contributed by atoms with Gasteiger partial charge in [-0.2, -0.15) is 5.53 Å². The van der Waals surface area contributed by atoms with Gasteiger partial charge in [0.25, 0.3) is 0 Å². The first-order valence-electron chi connectivity index (χ1n) is 4.66. The third-order valence-corrected chi connectivity index (χ3v) is 2.78. The number of hydrazine groups is 2. The Balaban J connectivity index is 2.13. The van der Waals surface area contributed by atoms with Crippen LogP contribution in [0.2, 0.25) is 0 Å². The summed E-state index contributed by atoms with van der Waals surface area (Å²) >= 11 is 5.76.